The van der Waals surface area contributed by atoms with Gasteiger partial charge in [-0.3, -0.25) is 9.10 Å². The van der Waals surface area contributed by atoms with E-state index in [4.69, 9.17) is 0 Å². The molecule has 0 heterocycles. The summed E-state index contributed by atoms with van der Waals surface area (Å²) in [7, 11) is -3.62. The fourth-order valence-corrected chi connectivity index (χ4v) is 4.20. The lowest BCUT2D eigenvalue weighted by Crippen LogP contribution is -2.48. The number of sulfonamides is 1. The van der Waals surface area contributed by atoms with Crippen LogP contribution in [0.1, 0.15) is 36.6 Å². The maximum absolute atomic E-state index is 12.7. The molecule has 0 fully saturated rings. The number of hydrogen-bond acceptors (Lipinski definition) is 3. The van der Waals surface area contributed by atoms with E-state index in [1.54, 1.807) is 19.1 Å². The summed E-state index contributed by atoms with van der Waals surface area (Å²) in [5.74, 6) is -0.342. The Balaban J connectivity index is 2.29. The maximum Gasteiger partial charge on any atom is 0.244 e. The summed E-state index contributed by atoms with van der Waals surface area (Å²) >= 11 is 0. The number of carbonyl (C=O) groups is 1. The fraction of sp³-hybridized carbons (Fsp3) is 0.350. The van der Waals surface area contributed by atoms with Crippen molar-refractivity contribution in [2.75, 3.05) is 10.6 Å². The topological polar surface area (TPSA) is 66.5 Å². The van der Waals surface area contributed by atoms with Crippen LogP contribution in [0.3, 0.4) is 0 Å². The Kier molecular flexibility index (Phi) is 6.08. The van der Waals surface area contributed by atoms with Crippen LogP contribution in [-0.2, 0) is 14.8 Å². The van der Waals surface area contributed by atoms with Crippen LogP contribution in [0.25, 0.3) is 0 Å². The number of aryl methyl sites for hydroxylation is 2. The summed E-state index contributed by atoms with van der Waals surface area (Å²) < 4.78 is 26.0. The summed E-state index contributed by atoms with van der Waals surface area (Å²) in [6, 6.07) is 14.0. The van der Waals surface area contributed by atoms with Gasteiger partial charge in [-0.2, -0.15) is 0 Å². The number of nitrogens with one attached hydrogen (secondary N) is 1. The van der Waals surface area contributed by atoms with Crippen molar-refractivity contribution in [3.63, 3.8) is 0 Å². The SMILES string of the molecule is Cc1cc(C)cc(N(C(C)C(=O)N[C@H](C)c2ccccc2)S(C)(=O)=O)c1. The van der Waals surface area contributed by atoms with Gasteiger partial charge in [-0.15, -0.1) is 0 Å². The highest BCUT2D eigenvalue weighted by Crippen LogP contribution is 2.24. The molecular formula is C20H26N2O3S. The smallest absolute Gasteiger partial charge is 0.244 e. The van der Waals surface area contributed by atoms with Crippen LogP contribution in [0.4, 0.5) is 5.69 Å². The highest BCUT2D eigenvalue weighted by atomic mass is 32.2. The second-order valence-corrected chi connectivity index (χ2v) is 8.58. The van der Waals surface area contributed by atoms with Crippen molar-refractivity contribution in [3.8, 4) is 0 Å². The molecule has 0 saturated heterocycles. The van der Waals surface area contributed by atoms with Gasteiger partial charge in [0.15, 0.2) is 0 Å². The number of amides is 1. The molecule has 0 radical (unpaired) electrons. The van der Waals surface area contributed by atoms with E-state index in [1.165, 1.54) is 4.31 Å². The average molecular weight is 375 g/mol. The van der Waals surface area contributed by atoms with E-state index in [0.29, 0.717) is 5.69 Å². The molecule has 2 atom stereocenters. The van der Waals surface area contributed by atoms with Gasteiger partial charge in [0.25, 0.3) is 0 Å². The molecule has 0 aliphatic carbocycles. The number of benzene rings is 2. The first-order chi connectivity index (χ1) is 12.1. The van der Waals surface area contributed by atoms with Gasteiger partial charge in [0, 0.05) is 0 Å². The Labute approximate surface area is 156 Å². The van der Waals surface area contributed by atoms with E-state index in [0.717, 1.165) is 22.9 Å². The first kappa shape index (κ1) is 20.0. The molecule has 0 aromatic heterocycles. The lowest BCUT2D eigenvalue weighted by Gasteiger charge is -2.29. The lowest BCUT2D eigenvalue weighted by molar-refractivity contribution is -0.122. The molecular weight excluding hydrogens is 348 g/mol. The fourth-order valence-electron chi connectivity index (χ4n) is 3.05. The minimum atomic E-state index is -3.62. The van der Waals surface area contributed by atoms with Gasteiger partial charge < -0.3 is 5.32 Å². The number of rotatable bonds is 6. The van der Waals surface area contributed by atoms with Crippen LogP contribution >= 0.6 is 0 Å². The molecule has 6 heteroatoms. The third-order valence-electron chi connectivity index (χ3n) is 4.21. The number of hydrogen-bond donors (Lipinski definition) is 1. The molecule has 2 rings (SSSR count). The number of nitrogens with zero attached hydrogens (tertiary/aromatic N) is 1. The molecule has 5 nitrogen and oxygen atoms in total. The Morgan fingerprint density at radius 3 is 2.04 bits per heavy atom. The highest BCUT2D eigenvalue weighted by molar-refractivity contribution is 7.92. The summed E-state index contributed by atoms with van der Waals surface area (Å²) in [4.78, 5) is 12.7. The van der Waals surface area contributed by atoms with Crippen LogP contribution < -0.4 is 9.62 Å². The van der Waals surface area contributed by atoms with Crippen LogP contribution in [0.15, 0.2) is 48.5 Å². The zero-order valence-corrected chi connectivity index (χ0v) is 16.7. The van der Waals surface area contributed by atoms with Crippen molar-refractivity contribution in [1.29, 1.82) is 0 Å². The molecule has 1 unspecified atom stereocenters. The predicted octanol–water partition coefficient (Wildman–Crippen LogP) is 3.34. The van der Waals surface area contributed by atoms with E-state index in [2.05, 4.69) is 5.32 Å². The van der Waals surface area contributed by atoms with Gasteiger partial charge in [0.2, 0.25) is 15.9 Å². The second kappa shape index (κ2) is 7.91. The molecule has 0 bridgehead atoms. The summed E-state index contributed by atoms with van der Waals surface area (Å²) in [5.41, 5.74) is 3.35. The Morgan fingerprint density at radius 2 is 1.54 bits per heavy atom. The molecule has 2 aromatic rings. The van der Waals surface area contributed by atoms with Crippen LogP contribution in [0, 0.1) is 13.8 Å². The average Bonchev–Trinajstić information content (AvgIpc) is 2.53. The number of carbonyl (C=O) groups excluding carboxylic acids is 1. The van der Waals surface area contributed by atoms with E-state index < -0.39 is 16.1 Å². The van der Waals surface area contributed by atoms with Crippen LogP contribution in [0.5, 0.6) is 0 Å². The van der Waals surface area contributed by atoms with Gasteiger partial charge in [-0.25, -0.2) is 8.42 Å². The third kappa shape index (κ3) is 4.85. The third-order valence-corrected chi connectivity index (χ3v) is 5.45. The predicted molar refractivity (Wildman–Crippen MR) is 106 cm³/mol. The van der Waals surface area contributed by atoms with E-state index in [-0.39, 0.29) is 11.9 Å². The van der Waals surface area contributed by atoms with Crippen molar-refractivity contribution in [1.82, 2.24) is 5.32 Å². The molecule has 1 N–H and O–H groups in total. The van der Waals surface area contributed by atoms with Gasteiger partial charge in [-0.05, 0) is 56.5 Å². The first-order valence-corrected chi connectivity index (χ1v) is 10.4. The van der Waals surface area contributed by atoms with E-state index in [9.17, 15) is 13.2 Å². The zero-order chi connectivity index (χ0) is 19.5. The van der Waals surface area contributed by atoms with Gasteiger partial charge in [0.05, 0.1) is 18.0 Å². The summed E-state index contributed by atoms with van der Waals surface area (Å²) in [5, 5.41) is 2.90. The highest BCUT2D eigenvalue weighted by Gasteiger charge is 2.30. The Morgan fingerprint density at radius 1 is 1.00 bits per heavy atom. The molecule has 0 aliphatic rings. The quantitative estimate of drug-likeness (QED) is 0.843. The normalized spacial score (nSPS) is 13.7. The van der Waals surface area contributed by atoms with E-state index in [1.807, 2.05) is 57.2 Å². The van der Waals surface area contributed by atoms with Gasteiger partial charge in [-0.1, -0.05) is 36.4 Å². The summed E-state index contributed by atoms with van der Waals surface area (Å²) in [6.07, 6.45) is 1.12. The minimum absolute atomic E-state index is 0.216. The lowest BCUT2D eigenvalue weighted by atomic mass is 10.1. The second-order valence-electron chi connectivity index (χ2n) is 6.72. The van der Waals surface area contributed by atoms with Gasteiger partial charge in [0.1, 0.15) is 6.04 Å². The van der Waals surface area contributed by atoms with Crippen molar-refractivity contribution < 1.29 is 13.2 Å². The monoisotopic (exact) mass is 374 g/mol. The largest absolute Gasteiger partial charge is 0.348 e. The molecule has 1 amide bonds. The maximum atomic E-state index is 12.7. The molecule has 0 aliphatic heterocycles. The first-order valence-electron chi connectivity index (χ1n) is 8.52. The molecule has 26 heavy (non-hydrogen) atoms. The van der Waals surface area contributed by atoms with E-state index >= 15 is 0 Å². The van der Waals surface area contributed by atoms with Crippen molar-refractivity contribution in [3.05, 3.63) is 65.2 Å². The van der Waals surface area contributed by atoms with Crippen LogP contribution in [0.2, 0.25) is 0 Å². The summed E-state index contributed by atoms with van der Waals surface area (Å²) in [6.45, 7) is 7.28. The van der Waals surface area contributed by atoms with Crippen molar-refractivity contribution in [2.45, 2.75) is 39.8 Å². The molecule has 0 saturated carbocycles. The molecule has 2 aromatic carbocycles. The van der Waals surface area contributed by atoms with Crippen molar-refractivity contribution >= 4 is 21.6 Å². The van der Waals surface area contributed by atoms with Gasteiger partial charge >= 0.3 is 0 Å². The zero-order valence-electron chi connectivity index (χ0n) is 15.9. The minimum Gasteiger partial charge on any atom is -0.348 e. The molecule has 140 valence electrons. The van der Waals surface area contributed by atoms with Crippen LogP contribution in [-0.4, -0.2) is 26.6 Å². The Bertz CT molecular complexity index is 859. The Hall–Kier alpha value is -2.34. The van der Waals surface area contributed by atoms with Crippen molar-refractivity contribution in [2.24, 2.45) is 0 Å². The number of anilines is 1. The standard InChI is InChI=1S/C20H26N2O3S/c1-14-11-15(2)13-19(12-14)22(26(5,24)25)17(4)20(23)21-16(3)18-9-7-6-8-10-18/h6-13,16-17H,1-5H3,(H,21,23)/t16-,17?/m1/s1. The molecule has 0 spiro atoms.